The summed E-state index contributed by atoms with van der Waals surface area (Å²) in [5, 5.41) is 4.70. The average Bonchev–Trinajstić information content (AvgIpc) is 3.02. The number of ketones is 1. The van der Waals surface area contributed by atoms with Crippen molar-refractivity contribution >= 4 is 17.4 Å². The number of rotatable bonds is 1. The van der Waals surface area contributed by atoms with Crippen molar-refractivity contribution in [2.75, 3.05) is 0 Å². The van der Waals surface area contributed by atoms with Gasteiger partial charge in [0, 0.05) is 21.7 Å². The van der Waals surface area contributed by atoms with Gasteiger partial charge in [0.1, 0.15) is 5.69 Å². The van der Waals surface area contributed by atoms with Gasteiger partial charge in [0.2, 0.25) is 0 Å². The van der Waals surface area contributed by atoms with Gasteiger partial charge in [0.05, 0.1) is 5.56 Å². The molecule has 3 nitrogen and oxygen atoms in total. The molecule has 3 aromatic rings. The van der Waals surface area contributed by atoms with Gasteiger partial charge in [-0.15, -0.1) is 0 Å². The topological polar surface area (TPSA) is 43.1 Å². The summed E-state index contributed by atoms with van der Waals surface area (Å²) in [5.74, 6) is 0.458. The smallest absolute Gasteiger partial charge is 0.199 e. The molecule has 4 heteroatoms. The second-order valence-corrected chi connectivity index (χ2v) is 5.05. The van der Waals surface area contributed by atoms with Gasteiger partial charge >= 0.3 is 0 Å². The average molecular weight is 282 g/mol. The minimum Gasteiger partial charge on any atom is -0.355 e. The number of carbonyl (C=O) groups excluding carboxylic acids is 1. The molecule has 0 aliphatic heterocycles. The maximum absolute atomic E-state index is 12.5. The molecule has 4 rings (SSSR count). The molecule has 1 aromatic heterocycles. The van der Waals surface area contributed by atoms with E-state index in [0.29, 0.717) is 27.6 Å². The Kier molecular flexibility index (Phi) is 2.32. The summed E-state index contributed by atoms with van der Waals surface area (Å²) in [7, 11) is 0. The van der Waals surface area contributed by atoms with E-state index < -0.39 is 0 Å². The molecule has 1 aliphatic carbocycles. The highest BCUT2D eigenvalue weighted by Crippen LogP contribution is 2.41. The zero-order valence-corrected chi connectivity index (χ0v) is 11.0. The molecule has 0 saturated heterocycles. The molecule has 0 bridgehead atoms. The van der Waals surface area contributed by atoms with Crippen molar-refractivity contribution in [3.8, 4) is 22.6 Å². The summed E-state index contributed by atoms with van der Waals surface area (Å²) in [6.45, 7) is 0. The highest BCUT2D eigenvalue weighted by Gasteiger charge is 2.34. The number of hydrogen-bond donors (Lipinski definition) is 0. The number of aromatic nitrogens is 1. The zero-order chi connectivity index (χ0) is 13.7. The van der Waals surface area contributed by atoms with Crippen LogP contribution >= 0.6 is 11.6 Å². The van der Waals surface area contributed by atoms with Gasteiger partial charge < -0.3 is 4.52 Å². The van der Waals surface area contributed by atoms with E-state index in [0.717, 1.165) is 11.1 Å². The monoisotopic (exact) mass is 281 g/mol. The molecular weight excluding hydrogens is 274 g/mol. The van der Waals surface area contributed by atoms with Gasteiger partial charge in [-0.05, 0) is 24.3 Å². The van der Waals surface area contributed by atoms with Crippen molar-refractivity contribution in [2.45, 2.75) is 0 Å². The Balaban J connectivity index is 1.94. The van der Waals surface area contributed by atoms with E-state index in [1.807, 2.05) is 36.4 Å². The lowest BCUT2D eigenvalue weighted by Gasteiger charge is -1.99. The molecule has 0 saturated carbocycles. The lowest BCUT2D eigenvalue weighted by molar-refractivity contribution is 0.104. The summed E-state index contributed by atoms with van der Waals surface area (Å²) in [5.41, 5.74) is 3.46. The predicted octanol–water partition coefficient (Wildman–Crippen LogP) is 4.21. The molecule has 2 aromatic carbocycles. The normalized spacial score (nSPS) is 12.3. The summed E-state index contributed by atoms with van der Waals surface area (Å²) in [6, 6.07) is 14.6. The molecule has 0 spiro atoms. The van der Waals surface area contributed by atoms with Crippen LogP contribution in [0.5, 0.6) is 0 Å². The molecule has 20 heavy (non-hydrogen) atoms. The first-order valence-electron chi connectivity index (χ1n) is 6.15. The fraction of sp³-hybridized carbons (Fsp3) is 0. The molecular formula is C16H8ClNO2. The molecule has 1 heterocycles. The molecule has 0 atom stereocenters. The van der Waals surface area contributed by atoms with Gasteiger partial charge in [-0.25, -0.2) is 0 Å². The first kappa shape index (κ1) is 11.4. The van der Waals surface area contributed by atoms with E-state index in [4.69, 9.17) is 16.1 Å². The Labute approximate surface area is 119 Å². The van der Waals surface area contributed by atoms with Crippen LogP contribution in [0.3, 0.4) is 0 Å². The highest BCUT2D eigenvalue weighted by atomic mass is 35.5. The quantitative estimate of drug-likeness (QED) is 0.525. The number of carbonyl (C=O) groups is 1. The van der Waals surface area contributed by atoms with Gasteiger partial charge in [-0.2, -0.15) is 0 Å². The second-order valence-electron chi connectivity index (χ2n) is 4.62. The van der Waals surface area contributed by atoms with Crippen molar-refractivity contribution in [3.05, 3.63) is 64.7 Å². The molecule has 0 unspecified atom stereocenters. The van der Waals surface area contributed by atoms with Crippen molar-refractivity contribution in [1.82, 2.24) is 5.16 Å². The van der Waals surface area contributed by atoms with Crippen molar-refractivity contribution in [1.29, 1.82) is 0 Å². The maximum atomic E-state index is 12.5. The van der Waals surface area contributed by atoms with Gasteiger partial charge in [-0.1, -0.05) is 41.0 Å². The summed E-state index contributed by atoms with van der Waals surface area (Å²) in [4.78, 5) is 12.5. The second kappa shape index (κ2) is 4.05. The van der Waals surface area contributed by atoms with Crippen LogP contribution in [0.2, 0.25) is 5.02 Å². The molecule has 0 fully saturated rings. The van der Waals surface area contributed by atoms with Gasteiger partial charge in [0.15, 0.2) is 11.5 Å². The lowest BCUT2D eigenvalue weighted by atomic mass is 10.1. The van der Waals surface area contributed by atoms with Crippen LogP contribution in [0.25, 0.3) is 22.6 Å². The fourth-order valence-electron chi connectivity index (χ4n) is 2.51. The Morgan fingerprint density at radius 1 is 0.950 bits per heavy atom. The highest BCUT2D eigenvalue weighted by molar-refractivity contribution is 6.30. The van der Waals surface area contributed by atoms with Gasteiger partial charge in [0.25, 0.3) is 0 Å². The third kappa shape index (κ3) is 1.47. The Hall–Kier alpha value is -2.39. The standard InChI is InChI=1S/C16H8ClNO2/c17-10-7-5-9(6-8-10)16-13-14(18-20-16)11-3-1-2-4-12(11)15(13)19/h1-8H. The van der Waals surface area contributed by atoms with Crippen LogP contribution in [0.1, 0.15) is 15.9 Å². The summed E-state index contributed by atoms with van der Waals surface area (Å²) < 4.78 is 5.38. The fourth-order valence-corrected chi connectivity index (χ4v) is 2.63. The largest absolute Gasteiger partial charge is 0.355 e. The zero-order valence-electron chi connectivity index (χ0n) is 10.3. The van der Waals surface area contributed by atoms with Crippen molar-refractivity contribution < 1.29 is 9.32 Å². The summed E-state index contributed by atoms with van der Waals surface area (Å²) in [6.07, 6.45) is 0. The van der Waals surface area contributed by atoms with E-state index in [1.165, 1.54) is 0 Å². The number of hydrogen-bond acceptors (Lipinski definition) is 3. The lowest BCUT2D eigenvalue weighted by Crippen LogP contribution is -1.96. The maximum Gasteiger partial charge on any atom is 0.199 e. The third-order valence-corrected chi connectivity index (χ3v) is 3.70. The predicted molar refractivity (Wildman–Crippen MR) is 75.8 cm³/mol. The van der Waals surface area contributed by atoms with Crippen LogP contribution in [-0.2, 0) is 0 Å². The van der Waals surface area contributed by atoms with E-state index in [-0.39, 0.29) is 5.78 Å². The first-order chi connectivity index (χ1) is 9.75. The Morgan fingerprint density at radius 2 is 1.65 bits per heavy atom. The van der Waals surface area contributed by atoms with E-state index >= 15 is 0 Å². The van der Waals surface area contributed by atoms with Crippen LogP contribution in [0.15, 0.2) is 53.1 Å². The molecule has 0 amide bonds. The number of halogens is 1. The first-order valence-corrected chi connectivity index (χ1v) is 6.53. The Morgan fingerprint density at radius 3 is 2.40 bits per heavy atom. The summed E-state index contributed by atoms with van der Waals surface area (Å²) >= 11 is 5.88. The number of nitrogens with zero attached hydrogens (tertiary/aromatic N) is 1. The van der Waals surface area contributed by atoms with Gasteiger partial charge in [-0.3, -0.25) is 4.79 Å². The number of benzene rings is 2. The van der Waals surface area contributed by atoms with Crippen LogP contribution in [-0.4, -0.2) is 10.9 Å². The van der Waals surface area contributed by atoms with E-state index in [9.17, 15) is 4.79 Å². The Bertz CT molecular complexity index is 834. The van der Waals surface area contributed by atoms with Crippen LogP contribution in [0.4, 0.5) is 0 Å². The molecule has 0 radical (unpaired) electrons. The number of fused-ring (bicyclic) bond motifs is 3. The van der Waals surface area contributed by atoms with Crippen molar-refractivity contribution in [2.24, 2.45) is 0 Å². The van der Waals surface area contributed by atoms with Crippen molar-refractivity contribution in [3.63, 3.8) is 0 Å². The molecule has 1 aliphatic rings. The van der Waals surface area contributed by atoms with E-state index in [1.54, 1.807) is 12.1 Å². The van der Waals surface area contributed by atoms with Crippen LogP contribution < -0.4 is 0 Å². The minimum atomic E-state index is -0.0400. The SMILES string of the molecule is O=C1c2ccccc2-c2noc(-c3ccc(Cl)cc3)c21. The third-order valence-electron chi connectivity index (χ3n) is 3.45. The molecule has 96 valence electrons. The molecule has 0 N–H and O–H groups in total. The minimum absolute atomic E-state index is 0.0400. The van der Waals surface area contributed by atoms with E-state index in [2.05, 4.69) is 5.16 Å². The van der Waals surface area contributed by atoms with Crippen LogP contribution in [0, 0.1) is 0 Å².